The summed E-state index contributed by atoms with van der Waals surface area (Å²) in [6, 6.07) is 7.50. The molecular formula is C17H26N2O3. The van der Waals surface area contributed by atoms with Gasteiger partial charge in [-0.25, -0.2) is 0 Å². The van der Waals surface area contributed by atoms with E-state index in [0.717, 1.165) is 50.5 Å². The molecule has 0 bridgehead atoms. The molecule has 1 fully saturated rings. The number of carbonyl (C=O) groups is 1. The highest BCUT2D eigenvalue weighted by Crippen LogP contribution is 2.17. The molecule has 1 heterocycles. The van der Waals surface area contributed by atoms with Crippen LogP contribution >= 0.6 is 0 Å². The number of rotatable bonds is 6. The number of methoxy groups -OCH3 is 1. The molecule has 1 aromatic rings. The molecule has 1 aliphatic heterocycles. The Bertz CT molecular complexity index is 461. The van der Waals surface area contributed by atoms with Crippen molar-refractivity contribution in [1.82, 2.24) is 9.80 Å². The van der Waals surface area contributed by atoms with Crippen LogP contribution in [0.2, 0.25) is 0 Å². The van der Waals surface area contributed by atoms with Gasteiger partial charge in [0.2, 0.25) is 5.91 Å². The molecule has 1 saturated heterocycles. The van der Waals surface area contributed by atoms with Gasteiger partial charge in [-0.3, -0.25) is 4.79 Å². The third-order valence-electron chi connectivity index (χ3n) is 3.94. The van der Waals surface area contributed by atoms with Crippen LogP contribution in [0.3, 0.4) is 0 Å². The van der Waals surface area contributed by atoms with Gasteiger partial charge in [0, 0.05) is 26.1 Å². The summed E-state index contributed by atoms with van der Waals surface area (Å²) in [5.41, 5.74) is 0. The standard InChI is InChI=1S/C17H26N2O3/c1-18-10-4-11-19(13-12-18)17(20)5-3-14-22-16-8-6-15(21-2)7-9-16/h6-9H,3-5,10-14H2,1-2H3. The van der Waals surface area contributed by atoms with Crippen LogP contribution in [-0.2, 0) is 4.79 Å². The first-order chi connectivity index (χ1) is 10.7. The Morgan fingerprint density at radius 1 is 1.09 bits per heavy atom. The molecule has 22 heavy (non-hydrogen) atoms. The van der Waals surface area contributed by atoms with Crippen LogP contribution in [0.1, 0.15) is 19.3 Å². The number of likely N-dealkylation sites (N-methyl/N-ethyl adjacent to an activating group) is 1. The van der Waals surface area contributed by atoms with Crippen molar-refractivity contribution in [3.63, 3.8) is 0 Å². The fourth-order valence-corrected chi connectivity index (χ4v) is 2.54. The summed E-state index contributed by atoms with van der Waals surface area (Å²) in [6.45, 7) is 4.32. The van der Waals surface area contributed by atoms with Gasteiger partial charge in [-0.1, -0.05) is 0 Å². The largest absolute Gasteiger partial charge is 0.497 e. The van der Waals surface area contributed by atoms with Crippen LogP contribution in [0.15, 0.2) is 24.3 Å². The van der Waals surface area contributed by atoms with E-state index in [0.29, 0.717) is 13.0 Å². The predicted molar refractivity (Wildman–Crippen MR) is 86.4 cm³/mol. The fraction of sp³-hybridized carbons (Fsp3) is 0.588. The summed E-state index contributed by atoms with van der Waals surface area (Å²) in [5, 5.41) is 0. The molecule has 0 saturated carbocycles. The number of amides is 1. The fourth-order valence-electron chi connectivity index (χ4n) is 2.54. The van der Waals surface area contributed by atoms with Crippen LogP contribution in [0.4, 0.5) is 0 Å². The zero-order valence-electron chi connectivity index (χ0n) is 13.6. The Hall–Kier alpha value is -1.75. The van der Waals surface area contributed by atoms with Crippen molar-refractivity contribution in [3.8, 4) is 11.5 Å². The molecule has 0 aliphatic carbocycles. The second kappa shape index (κ2) is 8.63. The van der Waals surface area contributed by atoms with Crippen LogP contribution < -0.4 is 9.47 Å². The zero-order valence-corrected chi connectivity index (χ0v) is 13.6. The molecule has 2 rings (SSSR count). The topological polar surface area (TPSA) is 42.0 Å². The normalized spacial score (nSPS) is 16.2. The first kappa shape index (κ1) is 16.6. The van der Waals surface area contributed by atoms with Gasteiger partial charge in [0.25, 0.3) is 0 Å². The molecule has 5 heteroatoms. The van der Waals surface area contributed by atoms with Crippen molar-refractivity contribution < 1.29 is 14.3 Å². The molecule has 0 spiro atoms. The highest BCUT2D eigenvalue weighted by molar-refractivity contribution is 5.76. The van der Waals surface area contributed by atoms with Gasteiger partial charge in [0.05, 0.1) is 13.7 Å². The molecule has 5 nitrogen and oxygen atoms in total. The maximum atomic E-state index is 12.2. The first-order valence-electron chi connectivity index (χ1n) is 7.92. The molecule has 0 radical (unpaired) electrons. The molecule has 0 atom stereocenters. The summed E-state index contributed by atoms with van der Waals surface area (Å²) in [5.74, 6) is 1.87. The maximum Gasteiger partial charge on any atom is 0.222 e. The monoisotopic (exact) mass is 306 g/mol. The number of benzene rings is 1. The third kappa shape index (κ3) is 5.22. The molecule has 0 N–H and O–H groups in total. The number of ether oxygens (including phenoxy) is 2. The second-order valence-electron chi connectivity index (χ2n) is 5.67. The lowest BCUT2D eigenvalue weighted by atomic mass is 10.2. The van der Waals surface area contributed by atoms with Crippen LogP contribution in [0.5, 0.6) is 11.5 Å². The molecule has 0 aromatic heterocycles. The lowest BCUT2D eigenvalue weighted by molar-refractivity contribution is -0.131. The number of carbonyl (C=O) groups excluding carboxylic acids is 1. The van der Waals surface area contributed by atoms with Crippen LogP contribution in [0, 0.1) is 0 Å². The van der Waals surface area contributed by atoms with Gasteiger partial charge >= 0.3 is 0 Å². The van der Waals surface area contributed by atoms with Crippen molar-refractivity contribution in [2.24, 2.45) is 0 Å². The SMILES string of the molecule is COc1ccc(OCCCC(=O)N2CCCN(C)CC2)cc1. The highest BCUT2D eigenvalue weighted by Gasteiger charge is 2.16. The Labute approximate surface area is 132 Å². The molecule has 1 amide bonds. The van der Waals surface area contributed by atoms with Crippen molar-refractivity contribution >= 4 is 5.91 Å². The van der Waals surface area contributed by atoms with E-state index in [2.05, 4.69) is 11.9 Å². The smallest absolute Gasteiger partial charge is 0.222 e. The van der Waals surface area contributed by atoms with Gasteiger partial charge in [-0.05, 0) is 50.7 Å². The summed E-state index contributed by atoms with van der Waals surface area (Å²) < 4.78 is 10.8. The van der Waals surface area contributed by atoms with Crippen molar-refractivity contribution in [3.05, 3.63) is 24.3 Å². The summed E-state index contributed by atoms with van der Waals surface area (Å²) in [7, 11) is 3.75. The summed E-state index contributed by atoms with van der Waals surface area (Å²) >= 11 is 0. The average molecular weight is 306 g/mol. The molecular weight excluding hydrogens is 280 g/mol. The van der Waals surface area contributed by atoms with Crippen molar-refractivity contribution in [2.45, 2.75) is 19.3 Å². The van der Waals surface area contributed by atoms with Gasteiger partial charge in [-0.2, -0.15) is 0 Å². The van der Waals surface area contributed by atoms with Gasteiger partial charge in [-0.15, -0.1) is 0 Å². The second-order valence-corrected chi connectivity index (χ2v) is 5.67. The van der Waals surface area contributed by atoms with E-state index in [-0.39, 0.29) is 5.91 Å². The minimum absolute atomic E-state index is 0.244. The Morgan fingerprint density at radius 2 is 1.82 bits per heavy atom. The number of hydrogen-bond acceptors (Lipinski definition) is 4. The minimum Gasteiger partial charge on any atom is -0.497 e. The molecule has 122 valence electrons. The minimum atomic E-state index is 0.244. The maximum absolute atomic E-state index is 12.2. The highest BCUT2D eigenvalue weighted by atomic mass is 16.5. The van der Waals surface area contributed by atoms with Crippen LogP contribution in [-0.4, -0.2) is 62.7 Å². The number of hydrogen-bond donors (Lipinski definition) is 0. The number of nitrogens with zero attached hydrogens (tertiary/aromatic N) is 2. The lowest BCUT2D eigenvalue weighted by Crippen LogP contribution is -2.34. The summed E-state index contributed by atoms with van der Waals surface area (Å²) in [6.07, 6.45) is 2.36. The van der Waals surface area contributed by atoms with E-state index in [1.165, 1.54) is 0 Å². The summed E-state index contributed by atoms with van der Waals surface area (Å²) in [4.78, 5) is 16.4. The Kier molecular flexibility index (Phi) is 6.52. The Morgan fingerprint density at radius 3 is 2.55 bits per heavy atom. The van der Waals surface area contributed by atoms with Crippen molar-refractivity contribution in [1.29, 1.82) is 0 Å². The predicted octanol–water partition coefficient (Wildman–Crippen LogP) is 2.02. The van der Waals surface area contributed by atoms with Gasteiger partial charge in [0.1, 0.15) is 11.5 Å². The first-order valence-corrected chi connectivity index (χ1v) is 7.92. The van der Waals surface area contributed by atoms with E-state index < -0.39 is 0 Å². The van der Waals surface area contributed by atoms with E-state index in [1.54, 1.807) is 7.11 Å². The zero-order chi connectivity index (χ0) is 15.8. The lowest BCUT2D eigenvalue weighted by Gasteiger charge is -2.20. The third-order valence-corrected chi connectivity index (χ3v) is 3.94. The van der Waals surface area contributed by atoms with E-state index in [1.807, 2.05) is 29.2 Å². The van der Waals surface area contributed by atoms with Gasteiger partial charge < -0.3 is 19.3 Å². The van der Waals surface area contributed by atoms with Crippen LogP contribution in [0.25, 0.3) is 0 Å². The van der Waals surface area contributed by atoms with E-state index in [9.17, 15) is 4.79 Å². The molecule has 1 aromatic carbocycles. The quantitative estimate of drug-likeness (QED) is 0.754. The van der Waals surface area contributed by atoms with Crippen molar-refractivity contribution in [2.75, 3.05) is 46.9 Å². The molecule has 1 aliphatic rings. The van der Waals surface area contributed by atoms with Gasteiger partial charge in [0.15, 0.2) is 0 Å². The van der Waals surface area contributed by atoms with E-state index >= 15 is 0 Å². The average Bonchev–Trinajstić information content (AvgIpc) is 2.76. The van der Waals surface area contributed by atoms with E-state index in [4.69, 9.17) is 9.47 Å². The Balaban J connectivity index is 1.66. The molecule has 0 unspecified atom stereocenters.